The van der Waals surface area contributed by atoms with Crippen molar-refractivity contribution in [3.63, 3.8) is 0 Å². The Morgan fingerprint density at radius 3 is 2.73 bits per heavy atom. The largest absolute Gasteiger partial charge is 0.465 e. The molecule has 8 nitrogen and oxygen atoms in total. The number of hydrogen-bond acceptors (Lipinski definition) is 5. The van der Waals surface area contributed by atoms with Gasteiger partial charge in [0.1, 0.15) is 11.4 Å². The zero-order chi connectivity index (χ0) is 23.8. The third-order valence-corrected chi connectivity index (χ3v) is 5.27. The topological polar surface area (TPSA) is 92.0 Å². The highest BCUT2D eigenvalue weighted by atomic mass is 19.4. The van der Waals surface area contributed by atoms with Crippen molar-refractivity contribution in [2.24, 2.45) is 0 Å². The second kappa shape index (κ2) is 8.71. The molecule has 3 aromatic rings. The Morgan fingerprint density at radius 1 is 1.24 bits per heavy atom. The number of ether oxygens (including phenoxy) is 1. The molecule has 1 atom stereocenters. The number of likely N-dealkylation sites (tertiary alicyclic amines) is 1. The first-order valence-electron chi connectivity index (χ1n) is 9.88. The summed E-state index contributed by atoms with van der Waals surface area (Å²) < 4.78 is 71.0. The van der Waals surface area contributed by atoms with Crippen LogP contribution in [0.2, 0.25) is 0 Å². The van der Waals surface area contributed by atoms with E-state index in [1.807, 2.05) is 0 Å². The molecule has 33 heavy (non-hydrogen) atoms. The van der Waals surface area contributed by atoms with Gasteiger partial charge in [-0.2, -0.15) is 22.0 Å². The third kappa shape index (κ3) is 4.76. The van der Waals surface area contributed by atoms with E-state index in [9.17, 15) is 31.9 Å². The number of amides is 1. The van der Waals surface area contributed by atoms with Crippen LogP contribution < -0.4 is 10.1 Å². The Labute approximate surface area is 183 Å². The molecule has 1 fully saturated rings. The lowest BCUT2D eigenvalue weighted by Gasteiger charge is -2.31. The Hall–Kier alpha value is -3.64. The average molecular weight is 471 g/mol. The van der Waals surface area contributed by atoms with E-state index < -0.39 is 30.2 Å². The van der Waals surface area contributed by atoms with E-state index in [1.165, 1.54) is 4.90 Å². The highest BCUT2D eigenvalue weighted by Crippen LogP contribution is 2.38. The summed E-state index contributed by atoms with van der Waals surface area (Å²) in [4.78, 5) is 12.5. The summed E-state index contributed by atoms with van der Waals surface area (Å²) in [6, 6.07) is 5.26. The average Bonchev–Trinajstić information content (AvgIpc) is 3.24. The fourth-order valence-electron chi connectivity index (χ4n) is 3.78. The van der Waals surface area contributed by atoms with Gasteiger partial charge in [0, 0.05) is 30.9 Å². The Morgan fingerprint density at radius 2 is 2.03 bits per heavy atom. The maximum absolute atomic E-state index is 13.1. The van der Waals surface area contributed by atoms with Gasteiger partial charge in [0.15, 0.2) is 0 Å². The number of carboxylic acid groups (broad SMARTS) is 1. The van der Waals surface area contributed by atoms with Gasteiger partial charge in [0.2, 0.25) is 5.95 Å². The lowest BCUT2D eigenvalue weighted by Crippen LogP contribution is -2.44. The molecule has 13 heteroatoms. The summed E-state index contributed by atoms with van der Waals surface area (Å²) in [7, 11) is 0. The minimum absolute atomic E-state index is 0.0470. The second-order valence-corrected chi connectivity index (χ2v) is 7.43. The van der Waals surface area contributed by atoms with Gasteiger partial charge in [-0.25, -0.2) is 4.79 Å². The molecule has 0 bridgehead atoms. The van der Waals surface area contributed by atoms with Crippen LogP contribution in [0.1, 0.15) is 18.4 Å². The van der Waals surface area contributed by atoms with E-state index in [2.05, 4.69) is 20.3 Å². The van der Waals surface area contributed by atoms with Gasteiger partial charge in [-0.1, -0.05) is 0 Å². The van der Waals surface area contributed by atoms with Crippen LogP contribution in [-0.2, 0) is 6.18 Å². The highest BCUT2D eigenvalue weighted by molar-refractivity contribution is 5.81. The number of rotatable bonds is 5. The van der Waals surface area contributed by atoms with Crippen LogP contribution >= 0.6 is 0 Å². The van der Waals surface area contributed by atoms with Crippen molar-refractivity contribution in [2.75, 3.05) is 18.4 Å². The minimum atomic E-state index is -4.74. The summed E-state index contributed by atoms with van der Waals surface area (Å²) in [5.74, 6) is -0.401. The van der Waals surface area contributed by atoms with Crippen LogP contribution in [0.15, 0.2) is 36.5 Å². The Balaban J connectivity index is 1.71. The number of benzene rings is 1. The number of fused-ring (bicyclic) bond motifs is 1. The molecule has 1 aliphatic heterocycles. The first kappa shape index (κ1) is 22.6. The molecule has 0 aliphatic carbocycles. The standard InChI is InChI=1S/C20H18F5N5O3/c21-17(22)33-15-9-11(20(23,24)25)5-6-13(15)16-14-4-2-8-30(14)18(28-27-16)26-12-3-1-7-29(10-12)19(31)32/h2,4-6,8-9,12,17H,1,3,7,10H2,(H,26,28)(H,31,32)/t12-/m1/s1. The fourth-order valence-corrected chi connectivity index (χ4v) is 3.78. The van der Waals surface area contributed by atoms with E-state index in [-0.39, 0.29) is 29.8 Å². The fraction of sp³-hybridized carbons (Fsp3) is 0.350. The van der Waals surface area contributed by atoms with Crippen molar-refractivity contribution < 1.29 is 36.6 Å². The number of aromatic nitrogens is 3. The first-order valence-corrected chi connectivity index (χ1v) is 9.88. The van der Waals surface area contributed by atoms with E-state index in [1.54, 1.807) is 22.7 Å². The van der Waals surface area contributed by atoms with Crippen molar-refractivity contribution in [1.29, 1.82) is 0 Å². The second-order valence-electron chi connectivity index (χ2n) is 7.43. The molecule has 2 aromatic heterocycles. The maximum atomic E-state index is 13.1. The number of piperidine rings is 1. The molecule has 1 amide bonds. The highest BCUT2D eigenvalue weighted by Gasteiger charge is 2.32. The monoisotopic (exact) mass is 471 g/mol. The SMILES string of the molecule is O=C(O)N1CCC[C@@H](Nc2nnc(-c3ccc(C(F)(F)F)cc3OC(F)F)c3cccn23)C1. The molecule has 0 spiro atoms. The summed E-state index contributed by atoms with van der Waals surface area (Å²) in [5, 5.41) is 20.5. The zero-order valence-corrected chi connectivity index (χ0v) is 16.9. The Kier molecular flexibility index (Phi) is 5.95. The van der Waals surface area contributed by atoms with Crippen LogP contribution in [0.25, 0.3) is 16.8 Å². The van der Waals surface area contributed by atoms with Gasteiger partial charge in [-0.3, -0.25) is 4.40 Å². The van der Waals surface area contributed by atoms with Crippen LogP contribution in [0, 0.1) is 0 Å². The van der Waals surface area contributed by atoms with Gasteiger partial charge in [-0.05, 0) is 43.2 Å². The summed E-state index contributed by atoms with van der Waals surface area (Å²) in [5.41, 5.74) is -0.788. The minimum Gasteiger partial charge on any atom is -0.465 e. The molecule has 176 valence electrons. The predicted molar refractivity (Wildman–Crippen MR) is 106 cm³/mol. The summed E-state index contributed by atoms with van der Waals surface area (Å²) in [6.45, 7) is -2.67. The molecule has 1 aromatic carbocycles. The summed E-state index contributed by atoms with van der Waals surface area (Å²) >= 11 is 0. The van der Waals surface area contributed by atoms with Gasteiger partial charge >= 0.3 is 18.9 Å². The Bertz CT molecular complexity index is 1170. The number of alkyl halides is 5. The number of carbonyl (C=O) groups is 1. The van der Waals surface area contributed by atoms with E-state index >= 15 is 0 Å². The van der Waals surface area contributed by atoms with Crippen LogP contribution in [-0.4, -0.2) is 56.4 Å². The van der Waals surface area contributed by atoms with E-state index in [0.717, 1.165) is 12.1 Å². The van der Waals surface area contributed by atoms with Crippen molar-refractivity contribution >= 4 is 17.6 Å². The normalized spacial score (nSPS) is 16.9. The molecule has 0 unspecified atom stereocenters. The predicted octanol–water partition coefficient (Wildman–Crippen LogP) is 4.57. The molecule has 0 saturated carbocycles. The lowest BCUT2D eigenvalue weighted by molar-refractivity contribution is -0.138. The number of nitrogens with zero attached hydrogens (tertiary/aromatic N) is 4. The molecule has 3 heterocycles. The molecule has 1 saturated heterocycles. The number of nitrogens with one attached hydrogen (secondary N) is 1. The van der Waals surface area contributed by atoms with E-state index in [4.69, 9.17) is 0 Å². The number of hydrogen-bond donors (Lipinski definition) is 2. The number of halogens is 5. The maximum Gasteiger partial charge on any atom is 0.416 e. The number of anilines is 1. The van der Waals surface area contributed by atoms with Crippen LogP contribution in [0.5, 0.6) is 5.75 Å². The van der Waals surface area contributed by atoms with Crippen molar-refractivity contribution in [3.8, 4) is 17.0 Å². The molecule has 4 rings (SSSR count). The van der Waals surface area contributed by atoms with Crippen LogP contribution in [0.3, 0.4) is 0 Å². The zero-order valence-electron chi connectivity index (χ0n) is 16.9. The van der Waals surface area contributed by atoms with Crippen molar-refractivity contribution in [3.05, 3.63) is 42.1 Å². The van der Waals surface area contributed by atoms with Crippen molar-refractivity contribution in [1.82, 2.24) is 19.5 Å². The van der Waals surface area contributed by atoms with Gasteiger partial charge in [0.25, 0.3) is 0 Å². The molecule has 2 N–H and O–H groups in total. The van der Waals surface area contributed by atoms with Crippen LogP contribution in [0.4, 0.5) is 32.7 Å². The van der Waals surface area contributed by atoms with Gasteiger partial charge in [0.05, 0.1) is 11.1 Å². The van der Waals surface area contributed by atoms with Crippen molar-refractivity contribution in [2.45, 2.75) is 31.7 Å². The third-order valence-electron chi connectivity index (χ3n) is 5.27. The molecular formula is C20H18F5N5O3. The van der Waals surface area contributed by atoms with Gasteiger partial charge in [-0.15, -0.1) is 10.2 Å². The molecule has 1 aliphatic rings. The molecular weight excluding hydrogens is 453 g/mol. The van der Waals surface area contributed by atoms with E-state index in [0.29, 0.717) is 31.0 Å². The smallest absolute Gasteiger partial charge is 0.416 e. The first-order chi connectivity index (χ1) is 15.6. The molecule has 0 radical (unpaired) electrons. The lowest BCUT2D eigenvalue weighted by atomic mass is 10.1. The quantitative estimate of drug-likeness (QED) is 0.530. The summed E-state index contributed by atoms with van der Waals surface area (Å²) in [6.07, 6.45) is -2.80. The van der Waals surface area contributed by atoms with Gasteiger partial charge < -0.3 is 20.1 Å².